The third kappa shape index (κ3) is 5.80. The first-order chi connectivity index (χ1) is 9.47. The molecule has 1 aliphatic rings. The number of amides is 2. The minimum atomic E-state index is -0.770. The Morgan fingerprint density at radius 1 is 1.25 bits per heavy atom. The van der Waals surface area contributed by atoms with E-state index >= 15 is 0 Å². The summed E-state index contributed by atoms with van der Waals surface area (Å²) in [5, 5.41) is 14.9. The molecular formula is C15H28N2O3. The molecule has 0 aromatic heterocycles. The van der Waals surface area contributed by atoms with Gasteiger partial charge in [-0.05, 0) is 31.6 Å². The van der Waals surface area contributed by atoms with Crippen LogP contribution in [0.3, 0.4) is 0 Å². The molecule has 0 radical (unpaired) electrons. The van der Waals surface area contributed by atoms with Gasteiger partial charge in [0.2, 0.25) is 0 Å². The lowest BCUT2D eigenvalue weighted by atomic mass is 9.72. The molecule has 1 saturated carbocycles. The van der Waals surface area contributed by atoms with Crippen molar-refractivity contribution >= 4 is 12.0 Å². The highest BCUT2D eigenvalue weighted by molar-refractivity contribution is 5.74. The monoisotopic (exact) mass is 284 g/mol. The maximum atomic E-state index is 11.8. The minimum absolute atomic E-state index is 0.151. The van der Waals surface area contributed by atoms with Crippen molar-refractivity contribution in [2.75, 3.05) is 6.54 Å². The van der Waals surface area contributed by atoms with Crippen LogP contribution >= 0.6 is 0 Å². The molecule has 0 bridgehead atoms. The highest BCUT2D eigenvalue weighted by atomic mass is 16.4. The molecule has 20 heavy (non-hydrogen) atoms. The van der Waals surface area contributed by atoms with Crippen LogP contribution in [0.15, 0.2) is 0 Å². The van der Waals surface area contributed by atoms with Crippen molar-refractivity contribution in [1.29, 1.82) is 0 Å². The van der Waals surface area contributed by atoms with Gasteiger partial charge in [-0.2, -0.15) is 0 Å². The van der Waals surface area contributed by atoms with Gasteiger partial charge in [0, 0.05) is 12.6 Å². The van der Waals surface area contributed by atoms with Gasteiger partial charge in [0.25, 0.3) is 0 Å². The average Bonchev–Trinajstić information content (AvgIpc) is 2.37. The molecular weight excluding hydrogens is 256 g/mol. The number of carboxylic acid groups (broad SMARTS) is 1. The number of hydrogen-bond donors (Lipinski definition) is 3. The summed E-state index contributed by atoms with van der Waals surface area (Å²) in [5.74, 6) is -0.770. The Hall–Kier alpha value is -1.26. The lowest BCUT2D eigenvalue weighted by Crippen LogP contribution is -2.46. The summed E-state index contributed by atoms with van der Waals surface area (Å²) in [5.41, 5.74) is -0.255. The van der Waals surface area contributed by atoms with E-state index in [1.807, 2.05) is 6.92 Å². The van der Waals surface area contributed by atoms with E-state index in [0.717, 1.165) is 38.5 Å². The van der Waals surface area contributed by atoms with E-state index in [2.05, 4.69) is 17.6 Å². The second-order valence-electron chi connectivity index (χ2n) is 6.15. The van der Waals surface area contributed by atoms with Gasteiger partial charge in [0.15, 0.2) is 0 Å². The third-order valence-electron chi connectivity index (χ3n) is 4.16. The Kier molecular flexibility index (Phi) is 6.82. The second-order valence-corrected chi connectivity index (χ2v) is 6.15. The standard InChI is InChI=1S/C15H28N2O3/c1-3-7-12(2)17-14(20)16-11-15(10-13(18)19)8-5-4-6-9-15/h12H,3-11H2,1-2H3,(H,18,19)(H2,16,17,20). The maximum Gasteiger partial charge on any atom is 0.315 e. The summed E-state index contributed by atoms with van der Waals surface area (Å²) in [7, 11) is 0. The van der Waals surface area contributed by atoms with Crippen molar-refractivity contribution in [2.45, 2.75) is 71.3 Å². The molecule has 0 spiro atoms. The quantitative estimate of drug-likeness (QED) is 0.672. The number of nitrogens with one attached hydrogen (secondary N) is 2. The largest absolute Gasteiger partial charge is 0.481 e. The Bertz CT molecular complexity index is 325. The Labute approximate surface area is 121 Å². The number of carbonyl (C=O) groups excluding carboxylic acids is 1. The van der Waals surface area contributed by atoms with Crippen LogP contribution in [0.1, 0.15) is 65.2 Å². The van der Waals surface area contributed by atoms with E-state index in [0.29, 0.717) is 6.54 Å². The van der Waals surface area contributed by atoms with Gasteiger partial charge < -0.3 is 15.7 Å². The van der Waals surface area contributed by atoms with Crippen LogP contribution in [0.5, 0.6) is 0 Å². The topological polar surface area (TPSA) is 78.4 Å². The van der Waals surface area contributed by atoms with Gasteiger partial charge in [-0.1, -0.05) is 32.6 Å². The molecule has 1 rings (SSSR count). The Morgan fingerprint density at radius 3 is 2.45 bits per heavy atom. The second kappa shape index (κ2) is 8.12. The molecule has 0 saturated heterocycles. The van der Waals surface area contributed by atoms with E-state index in [1.54, 1.807) is 0 Å². The van der Waals surface area contributed by atoms with Crippen LogP contribution in [0.25, 0.3) is 0 Å². The lowest BCUT2D eigenvalue weighted by molar-refractivity contribution is -0.140. The number of rotatable bonds is 7. The van der Waals surface area contributed by atoms with Crippen LogP contribution in [0.4, 0.5) is 4.79 Å². The van der Waals surface area contributed by atoms with E-state index in [-0.39, 0.29) is 23.9 Å². The zero-order valence-electron chi connectivity index (χ0n) is 12.7. The summed E-state index contributed by atoms with van der Waals surface area (Å²) in [6, 6.07) is -0.0249. The number of hydrogen-bond acceptors (Lipinski definition) is 2. The van der Waals surface area contributed by atoms with Gasteiger partial charge in [0.1, 0.15) is 0 Å². The highest BCUT2D eigenvalue weighted by Crippen LogP contribution is 2.38. The van der Waals surface area contributed by atoms with Gasteiger partial charge in [-0.25, -0.2) is 4.79 Å². The molecule has 1 unspecified atom stereocenters. The number of carboxylic acids is 1. The fourth-order valence-electron chi connectivity index (χ4n) is 3.09. The van der Waals surface area contributed by atoms with E-state index in [9.17, 15) is 9.59 Å². The predicted molar refractivity (Wildman–Crippen MR) is 78.7 cm³/mol. The zero-order valence-corrected chi connectivity index (χ0v) is 12.7. The summed E-state index contributed by atoms with van der Waals surface area (Å²) in [4.78, 5) is 22.9. The van der Waals surface area contributed by atoms with Crippen molar-refractivity contribution in [1.82, 2.24) is 10.6 Å². The third-order valence-corrected chi connectivity index (χ3v) is 4.16. The van der Waals surface area contributed by atoms with Gasteiger partial charge in [-0.3, -0.25) is 4.79 Å². The maximum absolute atomic E-state index is 11.8. The molecule has 1 atom stereocenters. The number of urea groups is 1. The van der Waals surface area contributed by atoms with Crippen molar-refractivity contribution in [2.24, 2.45) is 5.41 Å². The predicted octanol–water partition coefficient (Wildman–Crippen LogP) is 2.90. The Morgan fingerprint density at radius 2 is 1.90 bits per heavy atom. The molecule has 0 aromatic rings. The molecule has 116 valence electrons. The summed E-state index contributed by atoms with van der Waals surface area (Å²) >= 11 is 0. The van der Waals surface area contributed by atoms with Gasteiger partial charge >= 0.3 is 12.0 Å². The van der Waals surface area contributed by atoms with E-state index in [1.165, 1.54) is 6.42 Å². The van der Waals surface area contributed by atoms with Crippen molar-refractivity contribution in [3.8, 4) is 0 Å². The molecule has 0 aromatic carbocycles. The fraction of sp³-hybridized carbons (Fsp3) is 0.867. The molecule has 1 fully saturated rings. The number of aliphatic carboxylic acids is 1. The summed E-state index contributed by atoms with van der Waals surface area (Å²) in [6.07, 6.45) is 7.21. The van der Waals surface area contributed by atoms with Crippen LogP contribution in [0.2, 0.25) is 0 Å². The molecule has 5 nitrogen and oxygen atoms in total. The van der Waals surface area contributed by atoms with Crippen LogP contribution in [0, 0.1) is 5.41 Å². The van der Waals surface area contributed by atoms with Crippen molar-refractivity contribution in [3.05, 3.63) is 0 Å². The lowest BCUT2D eigenvalue weighted by Gasteiger charge is -2.36. The smallest absolute Gasteiger partial charge is 0.315 e. The molecule has 3 N–H and O–H groups in total. The summed E-state index contributed by atoms with van der Waals surface area (Å²) < 4.78 is 0. The first-order valence-electron chi connectivity index (χ1n) is 7.73. The Balaban J connectivity index is 2.45. The van der Waals surface area contributed by atoms with Crippen LogP contribution in [-0.4, -0.2) is 29.7 Å². The minimum Gasteiger partial charge on any atom is -0.481 e. The van der Waals surface area contributed by atoms with Crippen molar-refractivity contribution < 1.29 is 14.7 Å². The highest BCUT2D eigenvalue weighted by Gasteiger charge is 2.34. The average molecular weight is 284 g/mol. The zero-order chi connectivity index (χ0) is 15.0. The first kappa shape index (κ1) is 16.8. The SMILES string of the molecule is CCCC(C)NC(=O)NCC1(CC(=O)O)CCCCC1. The van der Waals surface area contributed by atoms with Crippen molar-refractivity contribution in [3.63, 3.8) is 0 Å². The molecule has 0 heterocycles. The molecule has 1 aliphatic carbocycles. The molecule has 2 amide bonds. The van der Waals surface area contributed by atoms with Crippen LogP contribution < -0.4 is 10.6 Å². The molecule has 0 aliphatic heterocycles. The number of carbonyl (C=O) groups is 2. The van der Waals surface area contributed by atoms with Crippen LogP contribution in [-0.2, 0) is 4.79 Å². The normalized spacial score (nSPS) is 19.1. The van der Waals surface area contributed by atoms with E-state index in [4.69, 9.17) is 5.11 Å². The molecule has 5 heteroatoms. The van der Waals surface area contributed by atoms with Gasteiger partial charge in [0.05, 0.1) is 6.42 Å². The first-order valence-corrected chi connectivity index (χ1v) is 7.73. The van der Waals surface area contributed by atoms with Gasteiger partial charge in [-0.15, -0.1) is 0 Å². The van der Waals surface area contributed by atoms with E-state index < -0.39 is 5.97 Å². The fourth-order valence-corrected chi connectivity index (χ4v) is 3.09. The summed E-state index contributed by atoms with van der Waals surface area (Å²) in [6.45, 7) is 4.53.